The van der Waals surface area contributed by atoms with E-state index in [0.717, 1.165) is 37.7 Å². The van der Waals surface area contributed by atoms with Crippen molar-refractivity contribution in [2.24, 2.45) is 0 Å². The van der Waals surface area contributed by atoms with Gasteiger partial charge >= 0.3 is 5.97 Å². The van der Waals surface area contributed by atoms with Gasteiger partial charge in [-0.1, -0.05) is 60.7 Å². The number of fused-ring (bicyclic) bond motifs is 1. The van der Waals surface area contributed by atoms with Crippen LogP contribution in [0.15, 0.2) is 36.4 Å². The molecule has 6 heteroatoms. The van der Waals surface area contributed by atoms with Crippen LogP contribution in [-0.4, -0.2) is 17.2 Å². The number of carbonyl (C=O) groups excluding carboxylic acids is 1. The van der Waals surface area contributed by atoms with Crippen molar-refractivity contribution in [3.8, 4) is 11.5 Å². The van der Waals surface area contributed by atoms with Crippen LogP contribution in [0.1, 0.15) is 73.4 Å². The lowest BCUT2D eigenvalue weighted by Crippen LogP contribution is -2.16. The monoisotopic (exact) mass is 462 g/mol. The fraction of sp³-hybridized carbons (Fsp3) is 0.400. The molecule has 1 aliphatic rings. The van der Waals surface area contributed by atoms with E-state index >= 15 is 0 Å². The summed E-state index contributed by atoms with van der Waals surface area (Å²) in [7, 11) is 0. The van der Waals surface area contributed by atoms with Crippen LogP contribution in [0, 0.1) is 0 Å². The normalized spacial score (nSPS) is 18.0. The van der Waals surface area contributed by atoms with Crippen LogP contribution >= 0.6 is 23.2 Å². The molecule has 0 bridgehead atoms. The Balaban J connectivity index is 1.84. The lowest BCUT2D eigenvalue weighted by atomic mass is 10.0. The second-order valence-electron chi connectivity index (χ2n) is 7.91. The van der Waals surface area contributed by atoms with E-state index in [1.807, 2.05) is 25.1 Å². The first-order valence-corrected chi connectivity index (χ1v) is 11.5. The van der Waals surface area contributed by atoms with Gasteiger partial charge in [0.25, 0.3) is 0 Å². The van der Waals surface area contributed by atoms with Gasteiger partial charge in [-0.2, -0.15) is 0 Å². The predicted molar refractivity (Wildman–Crippen MR) is 125 cm³/mol. The summed E-state index contributed by atoms with van der Waals surface area (Å²) < 4.78 is 11.4. The first-order valence-electron chi connectivity index (χ1n) is 10.8. The highest BCUT2D eigenvalue weighted by Crippen LogP contribution is 2.31. The SMILES string of the molecule is CC1CCCCCCCC=Cc2cc(OCc3ccc(Cl)c(Cl)c3)cc(O)c2C(=O)O1. The molecule has 1 unspecified atom stereocenters. The molecule has 0 saturated carbocycles. The number of rotatable bonds is 3. The van der Waals surface area contributed by atoms with Gasteiger partial charge in [0.15, 0.2) is 0 Å². The molecule has 1 atom stereocenters. The van der Waals surface area contributed by atoms with Gasteiger partial charge in [0.05, 0.1) is 16.1 Å². The molecule has 1 aliphatic heterocycles. The molecule has 0 radical (unpaired) electrons. The predicted octanol–water partition coefficient (Wildman–Crippen LogP) is 7.58. The quantitative estimate of drug-likeness (QED) is 0.477. The summed E-state index contributed by atoms with van der Waals surface area (Å²) in [4.78, 5) is 12.8. The lowest BCUT2D eigenvalue weighted by molar-refractivity contribution is 0.0316. The zero-order valence-corrected chi connectivity index (χ0v) is 19.2. The molecular formula is C25H28Cl2O4. The first kappa shape index (κ1) is 23.5. The number of allylic oxidation sites excluding steroid dienone is 1. The third-order valence-electron chi connectivity index (χ3n) is 5.30. The number of esters is 1. The highest BCUT2D eigenvalue weighted by atomic mass is 35.5. The molecule has 4 nitrogen and oxygen atoms in total. The summed E-state index contributed by atoms with van der Waals surface area (Å²) in [5.74, 6) is -0.220. The smallest absolute Gasteiger partial charge is 0.342 e. The molecule has 1 N–H and O–H groups in total. The van der Waals surface area contributed by atoms with Crippen LogP contribution in [0.2, 0.25) is 10.0 Å². The van der Waals surface area contributed by atoms with Crippen molar-refractivity contribution < 1.29 is 19.4 Å². The summed E-state index contributed by atoms with van der Waals surface area (Å²) in [6.45, 7) is 2.14. The Hall–Kier alpha value is -2.17. The molecule has 31 heavy (non-hydrogen) atoms. The van der Waals surface area contributed by atoms with Crippen LogP contribution < -0.4 is 4.74 Å². The van der Waals surface area contributed by atoms with E-state index < -0.39 is 5.97 Å². The fourth-order valence-corrected chi connectivity index (χ4v) is 3.91. The van der Waals surface area contributed by atoms with Gasteiger partial charge in [0.1, 0.15) is 23.7 Å². The number of hydrogen-bond donors (Lipinski definition) is 1. The number of phenols is 1. The molecule has 0 aromatic heterocycles. The Morgan fingerprint density at radius 2 is 1.84 bits per heavy atom. The van der Waals surface area contributed by atoms with Gasteiger partial charge in [-0.15, -0.1) is 0 Å². The van der Waals surface area contributed by atoms with Crippen molar-refractivity contribution in [2.45, 2.75) is 64.6 Å². The summed E-state index contributed by atoms with van der Waals surface area (Å²) in [6, 6.07) is 8.47. The standard InChI is InChI=1S/C25H28Cl2O4/c1-17-9-7-5-3-2-4-6-8-10-19-14-20(15-23(28)24(19)25(29)31-17)30-16-18-11-12-21(26)22(27)13-18/h8,10-15,17,28H,2-7,9,16H2,1H3. The minimum Gasteiger partial charge on any atom is -0.507 e. The largest absolute Gasteiger partial charge is 0.507 e. The molecule has 2 aromatic rings. The highest BCUT2D eigenvalue weighted by Gasteiger charge is 2.21. The van der Waals surface area contributed by atoms with Crippen LogP contribution in [0.4, 0.5) is 0 Å². The molecule has 0 aliphatic carbocycles. The number of phenolic OH excluding ortho intramolecular Hbond substituents is 1. The highest BCUT2D eigenvalue weighted by molar-refractivity contribution is 6.42. The van der Waals surface area contributed by atoms with Crippen molar-refractivity contribution >= 4 is 35.2 Å². The van der Waals surface area contributed by atoms with Gasteiger partial charge in [0, 0.05) is 6.07 Å². The number of aromatic hydroxyl groups is 1. The maximum Gasteiger partial charge on any atom is 0.342 e. The van der Waals surface area contributed by atoms with E-state index in [-0.39, 0.29) is 24.0 Å². The van der Waals surface area contributed by atoms with E-state index in [4.69, 9.17) is 32.7 Å². The van der Waals surface area contributed by atoms with E-state index in [0.29, 0.717) is 21.4 Å². The molecule has 0 fully saturated rings. The van der Waals surface area contributed by atoms with Crippen molar-refractivity contribution in [1.82, 2.24) is 0 Å². The molecule has 0 saturated heterocycles. The molecule has 2 aromatic carbocycles. The van der Waals surface area contributed by atoms with Gasteiger partial charge in [-0.05, 0) is 61.9 Å². The van der Waals surface area contributed by atoms with Crippen molar-refractivity contribution in [2.75, 3.05) is 0 Å². The molecule has 166 valence electrons. The third kappa shape index (κ3) is 6.91. The Kier molecular flexibility index (Phi) is 8.68. The minimum absolute atomic E-state index is 0.157. The van der Waals surface area contributed by atoms with Crippen LogP contribution in [0.3, 0.4) is 0 Å². The average molecular weight is 463 g/mol. The Morgan fingerprint density at radius 3 is 2.65 bits per heavy atom. The van der Waals surface area contributed by atoms with Gasteiger partial charge < -0.3 is 14.6 Å². The topological polar surface area (TPSA) is 55.8 Å². The van der Waals surface area contributed by atoms with Gasteiger partial charge in [0.2, 0.25) is 0 Å². The zero-order valence-electron chi connectivity index (χ0n) is 17.7. The van der Waals surface area contributed by atoms with E-state index in [2.05, 4.69) is 0 Å². The number of benzene rings is 2. The second-order valence-corrected chi connectivity index (χ2v) is 8.72. The van der Waals surface area contributed by atoms with Crippen molar-refractivity contribution in [1.29, 1.82) is 0 Å². The van der Waals surface area contributed by atoms with Crippen molar-refractivity contribution in [3.63, 3.8) is 0 Å². The fourth-order valence-electron chi connectivity index (χ4n) is 3.59. The lowest BCUT2D eigenvalue weighted by Gasteiger charge is -2.17. The van der Waals surface area contributed by atoms with Crippen LogP contribution in [0.25, 0.3) is 6.08 Å². The molecule has 0 spiro atoms. The number of cyclic esters (lactones) is 1. The van der Waals surface area contributed by atoms with Crippen LogP contribution in [-0.2, 0) is 11.3 Å². The zero-order chi connectivity index (χ0) is 22.2. The summed E-state index contributed by atoms with van der Waals surface area (Å²) in [5, 5.41) is 11.6. The number of ether oxygens (including phenoxy) is 2. The molecular weight excluding hydrogens is 435 g/mol. The summed E-state index contributed by atoms with van der Waals surface area (Å²) in [5.41, 5.74) is 1.60. The summed E-state index contributed by atoms with van der Waals surface area (Å²) >= 11 is 12.0. The third-order valence-corrected chi connectivity index (χ3v) is 6.04. The maximum atomic E-state index is 12.8. The average Bonchev–Trinajstić information content (AvgIpc) is 2.72. The van der Waals surface area contributed by atoms with Crippen LogP contribution in [0.5, 0.6) is 11.5 Å². The van der Waals surface area contributed by atoms with E-state index in [9.17, 15) is 9.90 Å². The summed E-state index contributed by atoms with van der Waals surface area (Å²) in [6.07, 6.45) is 11.1. The molecule has 3 rings (SSSR count). The first-order chi connectivity index (χ1) is 14.9. The molecule has 1 heterocycles. The van der Waals surface area contributed by atoms with E-state index in [1.165, 1.54) is 18.9 Å². The Morgan fingerprint density at radius 1 is 1.06 bits per heavy atom. The number of halogens is 2. The minimum atomic E-state index is -0.516. The van der Waals surface area contributed by atoms with E-state index in [1.54, 1.807) is 18.2 Å². The Labute approximate surface area is 193 Å². The van der Waals surface area contributed by atoms with Gasteiger partial charge in [-0.25, -0.2) is 4.79 Å². The number of carbonyl (C=O) groups is 1. The van der Waals surface area contributed by atoms with Gasteiger partial charge in [-0.3, -0.25) is 0 Å². The number of hydrogen-bond acceptors (Lipinski definition) is 4. The second kappa shape index (κ2) is 11.4. The maximum absolute atomic E-state index is 12.8. The Bertz CT molecular complexity index is 939. The molecule has 0 amide bonds. The van der Waals surface area contributed by atoms with Crippen molar-refractivity contribution in [3.05, 3.63) is 63.1 Å².